The second kappa shape index (κ2) is 7.89. The van der Waals surface area contributed by atoms with Gasteiger partial charge in [-0.05, 0) is 54.9 Å². The number of rotatable bonds is 6. The number of hydrogen-bond donors (Lipinski definition) is 1. The average molecular weight is 424 g/mol. The molecule has 0 radical (unpaired) electrons. The van der Waals surface area contributed by atoms with Crippen LogP contribution in [0.25, 0.3) is 5.69 Å². The number of ether oxygens (including phenoxy) is 2. The smallest absolute Gasteiger partial charge is 0.207 e. The summed E-state index contributed by atoms with van der Waals surface area (Å²) in [5, 5.41) is 4.97. The van der Waals surface area contributed by atoms with E-state index in [4.69, 9.17) is 26.8 Å². The minimum atomic E-state index is 0.530. The van der Waals surface area contributed by atoms with Crippen molar-refractivity contribution in [3.63, 3.8) is 0 Å². The van der Waals surface area contributed by atoms with Crippen LogP contribution in [-0.2, 0) is 19.6 Å². The zero-order chi connectivity index (χ0) is 20.7. The molecule has 1 aliphatic carbocycles. The molecule has 2 heterocycles. The van der Waals surface area contributed by atoms with Gasteiger partial charge >= 0.3 is 0 Å². The van der Waals surface area contributed by atoms with Crippen molar-refractivity contribution in [2.75, 3.05) is 20.8 Å². The first-order chi connectivity index (χ1) is 14.7. The quantitative estimate of drug-likeness (QED) is 0.620. The third-order valence-corrected chi connectivity index (χ3v) is 6.48. The fourth-order valence-corrected chi connectivity index (χ4v) is 4.63. The predicted octanol–water partition coefficient (Wildman–Crippen LogP) is 2.90. The number of nitrogens with one attached hydrogen (secondary N) is 1. The average Bonchev–Trinajstić information content (AvgIpc) is 3.58. The van der Waals surface area contributed by atoms with Crippen LogP contribution in [0.4, 0.5) is 0 Å². The summed E-state index contributed by atoms with van der Waals surface area (Å²) >= 11 is 5.87. The lowest BCUT2D eigenvalue weighted by Gasteiger charge is -2.26. The number of methoxy groups -OCH3 is 2. The maximum absolute atomic E-state index is 5.87. The van der Waals surface area contributed by atoms with E-state index in [9.17, 15) is 0 Å². The van der Waals surface area contributed by atoms with Gasteiger partial charge in [-0.15, -0.1) is 0 Å². The van der Waals surface area contributed by atoms with Crippen LogP contribution in [-0.4, -0.2) is 35.1 Å². The van der Waals surface area contributed by atoms with Gasteiger partial charge in [0.15, 0.2) is 18.2 Å². The van der Waals surface area contributed by atoms with Crippen LogP contribution in [0.2, 0.25) is 0 Å². The van der Waals surface area contributed by atoms with Crippen molar-refractivity contribution in [1.82, 2.24) is 14.3 Å². The molecule has 1 aromatic heterocycles. The standard InChI is InChI=1S/C23H26N4O2S/c1-28-20-12-17-10-11-25(14-18(17)13-21(20)29-2)15-26-23(30)27(19-6-4-3-5-7-19)22(24-26)16-8-9-16/h3-7,12-13,16H,8-11,14-15H2,1-2H3/p+1. The van der Waals surface area contributed by atoms with Crippen molar-refractivity contribution >= 4 is 12.2 Å². The van der Waals surface area contributed by atoms with Gasteiger partial charge in [0, 0.05) is 23.6 Å². The van der Waals surface area contributed by atoms with Gasteiger partial charge in [0.05, 0.1) is 20.8 Å². The highest BCUT2D eigenvalue weighted by atomic mass is 32.1. The highest BCUT2D eigenvalue weighted by molar-refractivity contribution is 7.71. The Morgan fingerprint density at radius 2 is 1.77 bits per heavy atom. The van der Waals surface area contributed by atoms with Crippen LogP contribution in [0.3, 0.4) is 0 Å². The fourth-order valence-electron chi connectivity index (χ4n) is 4.33. The number of nitrogens with zero attached hydrogens (tertiary/aromatic N) is 3. The van der Waals surface area contributed by atoms with Crippen LogP contribution in [0.15, 0.2) is 42.5 Å². The largest absolute Gasteiger partial charge is 0.493 e. The van der Waals surface area contributed by atoms with Gasteiger partial charge in [0.25, 0.3) is 0 Å². The SMILES string of the molecule is COc1cc2c(cc1OC)C[NH+](Cn1nc(C3CC3)n(-c3ccccc3)c1=S)CC2. The van der Waals surface area contributed by atoms with Gasteiger partial charge in [0.1, 0.15) is 12.4 Å². The van der Waals surface area contributed by atoms with Gasteiger partial charge in [-0.2, -0.15) is 9.78 Å². The van der Waals surface area contributed by atoms with Crippen LogP contribution >= 0.6 is 12.2 Å². The fraction of sp³-hybridized carbons (Fsp3) is 0.391. The van der Waals surface area contributed by atoms with Gasteiger partial charge in [-0.1, -0.05) is 18.2 Å². The molecule has 1 atom stereocenters. The molecule has 2 aromatic carbocycles. The van der Waals surface area contributed by atoms with Crippen molar-refractivity contribution in [3.8, 4) is 17.2 Å². The molecule has 1 fully saturated rings. The molecule has 0 spiro atoms. The van der Waals surface area contributed by atoms with Crippen molar-refractivity contribution < 1.29 is 14.4 Å². The van der Waals surface area contributed by atoms with E-state index in [1.54, 1.807) is 14.2 Å². The summed E-state index contributed by atoms with van der Waals surface area (Å²) in [6.07, 6.45) is 3.40. The molecular weight excluding hydrogens is 396 g/mol. The van der Waals surface area contributed by atoms with E-state index in [1.807, 2.05) is 10.7 Å². The molecule has 1 aliphatic heterocycles. The Labute approximate surface area is 181 Å². The highest BCUT2D eigenvalue weighted by Gasteiger charge is 2.31. The summed E-state index contributed by atoms with van der Waals surface area (Å²) < 4.78 is 15.9. The highest BCUT2D eigenvalue weighted by Crippen LogP contribution is 2.40. The summed E-state index contributed by atoms with van der Waals surface area (Å²) in [5.41, 5.74) is 3.75. The van der Waals surface area contributed by atoms with E-state index in [0.717, 1.165) is 54.0 Å². The Hall–Kier alpha value is -2.64. The summed E-state index contributed by atoms with van der Waals surface area (Å²) in [4.78, 5) is 1.45. The van der Waals surface area contributed by atoms with Crippen LogP contribution in [0.5, 0.6) is 11.5 Å². The van der Waals surface area contributed by atoms with E-state index >= 15 is 0 Å². The van der Waals surface area contributed by atoms with E-state index in [0.29, 0.717) is 5.92 Å². The summed E-state index contributed by atoms with van der Waals surface area (Å²) in [6, 6.07) is 14.6. The van der Waals surface area contributed by atoms with Gasteiger partial charge < -0.3 is 14.4 Å². The van der Waals surface area contributed by atoms with Crippen LogP contribution < -0.4 is 14.4 Å². The topological polar surface area (TPSA) is 45.6 Å². The minimum Gasteiger partial charge on any atom is -0.493 e. The Bertz CT molecular complexity index is 1120. The lowest BCUT2D eigenvalue weighted by atomic mass is 9.99. The van der Waals surface area contributed by atoms with E-state index in [1.165, 1.54) is 28.9 Å². The first kappa shape index (κ1) is 19.3. The van der Waals surface area contributed by atoms with Crippen molar-refractivity contribution in [1.29, 1.82) is 0 Å². The third-order valence-electron chi connectivity index (χ3n) is 6.09. The summed E-state index contributed by atoms with van der Waals surface area (Å²) in [6.45, 7) is 2.74. The van der Waals surface area contributed by atoms with Crippen LogP contribution in [0, 0.1) is 4.77 Å². The van der Waals surface area contributed by atoms with E-state index < -0.39 is 0 Å². The molecule has 2 aliphatic rings. The lowest BCUT2D eigenvalue weighted by molar-refractivity contribution is -0.939. The molecule has 30 heavy (non-hydrogen) atoms. The molecule has 1 unspecified atom stereocenters. The number of para-hydroxylation sites is 1. The number of hydrogen-bond acceptors (Lipinski definition) is 4. The monoisotopic (exact) mass is 423 g/mol. The third kappa shape index (κ3) is 3.52. The van der Waals surface area contributed by atoms with Crippen molar-refractivity contribution in [2.45, 2.75) is 38.4 Å². The number of fused-ring (bicyclic) bond motifs is 1. The minimum absolute atomic E-state index is 0.530. The van der Waals surface area contributed by atoms with Crippen molar-refractivity contribution in [3.05, 3.63) is 64.2 Å². The molecule has 0 saturated heterocycles. The summed E-state index contributed by atoms with van der Waals surface area (Å²) in [7, 11) is 3.37. The van der Waals surface area contributed by atoms with Crippen LogP contribution in [0.1, 0.15) is 35.7 Å². The molecule has 1 N–H and O–H groups in total. The molecule has 7 heteroatoms. The normalized spacial score (nSPS) is 18.1. The maximum Gasteiger partial charge on any atom is 0.207 e. The molecule has 1 saturated carbocycles. The van der Waals surface area contributed by atoms with Gasteiger partial charge in [0.2, 0.25) is 4.77 Å². The Morgan fingerprint density at radius 3 is 2.43 bits per heavy atom. The first-order valence-electron chi connectivity index (χ1n) is 10.5. The van der Waals surface area contributed by atoms with E-state index in [-0.39, 0.29) is 0 Å². The molecule has 5 rings (SSSR count). The number of benzene rings is 2. The zero-order valence-electron chi connectivity index (χ0n) is 17.4. The molecule has 156 valence electrons. The first-order valence-corrected chi connectivity index (χ1v) is 10.9. The second-order valence-electron chi connectivity index (χ2n) is 8.15. The molecular formula is C23H27N4O2S+. The Balaban J connectivity index is 1.43. The summed E-state index contributed by atoms with van der Waals surface area (Å²) in [5.74, 6) is 3.23. The number of aromatic nitrogens is 3. The molecule has 0 bridgehead atoms. The number of quaternary nitrogens is 1. The zero-order valence-corrected chi connectivity index (χ0v) is 18.2. The van der Waals surface area contributed by atoms with E-state index in [2.05, 4.69) is 41.0 Å². The van der Waals surface area contributed by atoms with Gasteiger partial charge in [-0.25, -0.2) is 0 Å². The maximum atomic E-state index is 5.87. The molecule has 3 aromatic rings. The second-order valence-corrected chi connectivity index (χ2v) is 8.51. The predicted molar refractivity (Wildman–Crippen MR) is 117 cm³/mol. The molecule has 0 amide bonds. The Morgan fingerprint density at radius 1 is 1.07 bits per heavy atom. The van der Waals surface area contributed by atoms with Gasteiger partial charge in [-0.3, -0.25) is 4.57 Å². The van der Waals surface area contributed by atoms with Crippen molar-refractivity contribution in [2.24, 2.45) is 0 Å². The molecule has 6 nitrogen and oxygen atoms in total. The Kier molecular flexibility index (Phi) is 5.08. The lowest BCUT2D eigenvalue weighted by Crippen LogP contribution is -3.11.